The van der Waals surface area contributed by atoms with Gasteiger partial charge in [-0.05, 0) is 13.1 Å². The van der Waals surface area contributed by atoms with Crippen LogP contribution in [0.4, 0.5) is 0 Å². The molecule has 2 atom stereocenters. The van der Waals surface area contributed by atoms with Crippen molar-refractivity contribution < 1.29 is 19.4 Å². The molecule has 1 N–H and O–H groups in total. The van der Waals surface area contributed by atoms with Crippen LogP contribution in [-0.2, 0) is 16.1 Å². The molecule has 2 heterocycles. The topological polar surface area (TPSA) is 71.9 Å². The third-order valence-corrected chi connectivity index (χ3v) is 3.34. The highest BCUT2D eigenvalue weighted by Gasteiger charge is 2.36. The number of rotatable bonds is 5. The van der Waals surface area contributed by atoms with E-state index in [1.165, 1.54) is 0 Å². The van der Waals surface area contributed by atoms with Gasteiger partial charge in [0.25, 0.3) is 0 Å². The molecule has 1 aromatic heterocycles. The molecule has 1 saturated heterocycles. The van der Waals surface area contributed by atoms with Gasteiger partial charge in [-0.15, -0.1) is 0 Å². The largest absolute Gasteiger partial charge is 0.481 e. The molecular formula is C13H18N2O4. The van der Waals surface area contributed by atoms with Gasteiger partial charge in [-0.25, -0.2) is 4.98 Å². The number of aromatic nitrogens is 1. The Hall–Kier alpha value is -1.66. The first-order valence-electron chi connectivity index (χ1n) is 6.12. The number of ether oxygens (including phenoxy) is 2. The van der Waals surface area contributed by atoms with Crippen LogP contribution in [0.15, 0.2) is 18.2 Å². The maximum atomic E-state index is 11.1. The van der Waals surface area contributed by atoms with Crippen LogP contribution in [0.2, 0.25) is 0 Å². The zero-order valence-electron chi connectivity index (χ0n) is 11.1. The Morgan fingerprint density at radius 3 is 3.05 bits per heavy atom. The molecule has 104 valence electrons. The van der Waals surface area contributed by atoms with Crippen molar-refractivity contribution in [2.24, 2.45) is 5.92 Å². The number of hydrogen-bond acceptors (Lipinski definition) is 5. The monoisotopic (exact) mass is 266 g/mol. The molecule has 1 fully saturated rings. The van der Waals surface area contributed by atoms with Crippen molar-refractivity contribution in [2.75, 3.05) is 27.4 Å². The van der Waals surface area contributed by atoms with Gasteiger partial charge in [0, 0.05) is 18.7 Å². The summed E-state index contributed by atoms with van der Waals surface area (Å²) in [5.41, 5.74) is 0.845. The van der Waals surface area contributed by atoms with E-state index in [4.69, 9.17) is 14.6 Å². The number of methoxy groups -OCH3 is 1. The van der Waals surface area contributed by atoms with E-state index in [0.717, 1.165) is 5.69 Å². The second-order valence-electron chi connectivity index (χ2n) is 4.64. The Balaban J connectivity index is 2.03. The van der Waals surface area contributed by atoms with Gasteiger partial charge in [-0.2, -0.15) is 0 Å². The minimum Gasteiger partial charge on any atom is -0.481 e. The number of nitrogens with zero attached hydrogens (tertiary/aromatic N) is 2. The quantitative estimate of drug-likeness (QED) is 0.842. The van der Waals surface area contributed by atoms with Crippen molar-refractivity contribution in [3.8, 4) is 5.88 Å². The number of carboxylic acids is 1. The molecule has 6 heteroatoms. The first kappa shape index (κ1) is 13.8. The molecule has 0 aromatic carbocycles. The van der Waals surface area contributed by atoms with Crippen LogP contribution in [0.25, 0.3) is 0 Å². The van der Waals surface area contributed by atoms with Gasteiger partial charge in [0.2, 0.25) is 5.88 Å². The van der Waals surface area contributed by atoms with E-state index in [1.807, 2.05) is 24.1 Å². The normalized spacial score (nSPS) is 22.7. The van der Waals surface area contributed by atoms with Crippen molar-refractivity contribution in [3.63, 3.8) is 0 Å². The third-order valence-electron chi connectivity index (χ3n) is 3.34. The van der Waals surface area contributed by atoms with Crippen LogP contribution in [0.1, 0.15) is 5.69 Å². The minimum atomic E-state index is -0.812. The number of pyridine rings is 1. The average molecular weight is 266 g/mol. The summed E-state index contributed by atoms with van der Waals surface area (Å²) in [5.74, 6) is -0.730. The van der Waals surface area contributed by atoms with Crippen molar-refractivity contribution in [1.82, 2.24) is 9.88 Å². The van der Waals surface area contributed by atoms with Gasteiger partial charge >= 0.3 is 5.97 Å². The fraction of sp³-hybridized carbons (Fsp3) is 0.538. The van der Waals surface area contributed by atoms with Crippen molar-refractivity contribution in [1.29, 1.82) is 0 Å². The van der Waals surface area contributed by atoms with Crippen LogP contribution >= 0.6 is 0 Å². The van der Waals surface area contributed by atoms with Crippen LogP contribution < -0.4 is 4.74 Å². The SMILES string of the molecule is COc1cccc(CN(C)C2COCC2C(=O)O)n1. The number of carbonyl (C=O) groups is 1. The molecule has 0 spiro atoms. The van der Waals surface area contributed by atoms with Gasteiger partial charge in [-0.1, -0.05) is 6.07 Å². The third kappa shape index (κ3) is 3.21. The van der Waals surface area contributed by atoms with Crippen molar-refractivity contribution >= 4 is 5.97 Å². The fourth-order valence-corrected chi connectivity index (χ4v) is 2.25. The standard InChI is InChI=1S/C13H18N2O4/c1-15(11-8-19-7-10(11)13(16)17)6-9-4-3-5-12(14-9)18-2/h3-5,10-11H,6-8H2,1-2H3,(H,16,17). The predicted octanol–water partition coefficient (Wildman–Crippen LogP) is 0.622. The Morgan fingerprint density at radius 1 is 1.58 bits per heavy atom. The smallest absolute Gasteiger partial charge is 0.310 e. The molecule has 19 heavy (non-hydrogen) atoms. The first-order chi connectivity index (χ1) is 9.11. The Morgan fingerprint density at radius 2 is 2.37 bits per heavy atom. The van der Waals surface area contributed by atoms with E-state index in [2.05, 4.69) is 4.98 Å². The molecule has 1 aromatic rings. The highest BCUT2D eigenvalue weighted by Crippen LogP contribution is 2.20. The fourth-order valence-electron chi connectivity index (χ4n) is 2.25. The van der Waals surface area contributed by atoms with Gasteiger partial charge < -0.3 is 14.6 Å². The summed E-state index contributed by atoms with van der Waals surface area (Å²) >= 11 is 0. The Bertz CT molecular complexity index is 452. The lowest BCUT2D eigenvalue weighted by molar-refractivity contribution is -0.143. The molecule has 0 radical (unpaired) electrons. The lowest BCUT2D eigenvalue weighted by atomic mass is 10.0. The maximum absolute atomic E-state index is 11.1. The maximum Gasteiger partial charge on any atom is 0.310 e. The summed E-state index contributed by atoms with van der Waals surface area (Å²) in [5, 5.41) is 9.14. The summed E-state index contributed by atoms with van der Waals surface area (Å²) in [6, 6.07) is 5.42. The van der Waals surface area contributed by atoms with Crippen LogP contribution in [0, 0.1) is 5.92 Å². The Labute approximate surface area is 112 Å². The molecule has 0 amide bonds. The van der Waals surface area contributed by atoms with E-state index in [0.29, 0.717) is 19.0 Å². The van der Waals surface area contributed by atoms with E-state index in [1.54, 1.807) is 13.2 Å². The van der Waals surface area contributed by atoms with E-state index in [-0.39, 0.29) is 12.6 Å². The zero-order valence-corrected chi connectivity index (χ0v) is 11.1. The molecule has 6 nitrogen and oxygen atoms in total. The molecule has 0 saturated carbocycles. The van der Waals surface area contributed by atoms with Gasteiger partial charge in [0.1, 0.15) is 0 Å². The van der Waals surface area contributed by atoms with Crippen molar-refractivity contribution in [2.45, 2.75) is 12.6 Å². The second kappa shape index (κ2) is 5.99. The highest BCUT2D eigenvalue weighted by atomic mass is 16.5. The zero-order chi connectivity index (χ0) is 13.8. The van der Waals surface area contributed by atoms with Crippen LogP contribution in [0.5, 0.6) is 5.88 Å². The van der Waals surface area contributed by atoms with E-state index in [9.17, 15) is 4.79 Å². The second-order valence-corrected chi connectivity index (χ2v) is 4.64. The molecule has 2 rings (SSSR count). The molecule has 0 bridgehead atoms. The predicted molar refractivity (Wildman–Crippen MR) is 68.0 cm³/mol. The summed E-state index contributed by atoms with van der Waals surface area (Å²) in [7, 11) is 3.46. The summed E-state index contributed by atoms with van der Waals surface area (Å²) in [4.78, 5) is 17.4. The first-order valence-corrected chi connectivity index (χ1v) is 6.12. The van der Waals surface area contributed by atoms with Gasteiger partial charge in [-0.3, -0.25) is 9.69 Å². The molecule has 2 unspecified atom stereocenters. The lowest BCUT2D eigenvalue weighted by Gasteiger charge is -2.25. The molecular weight excluding hydrogens is 248 g/mol. The number of likely N-dealkylation sites (N-methyl/N-ethyl adjacent to an activating group) is 1. The number of hydrogen-bond donors (Lipinski definition) is 1. The van der Waals surface area contributed by atoms with Crippen LogP contribution in [0.3, 0.4) is 0 Å². The van der Waals surface area contributed by atoms with Crippen LogP contribution in [-0.4, -0.2) is 54.4 Å². The number of carboxylic acid groups (broad SMARTS) is 1. The van der Waals surface area contributed by atoms with Crippen molar-refractivity contribution in [3.05, 3.63) is 23.9 Å². The molecule has 0 aliphatic carbocycles. The Kier molecular flexibility index (Phi) is 4.34. The summed E-state index contributed by atoms with van der Waals surface area (Å²) in [6.07, 6.45) is 0. The minimum absolute atomic E-state index is 0.120. The average Bonchev–Trinajstić information content (AvgIpc) is 2.88. The van der Waals surface area contributed by atoms with Gasteiger partial charge in [0.05, 0.1) is 31.9 Å². The highest BCUT2D eigenvalue weighted by molar-refractivity contribution is 5.71. The lowest BCUT2D eigenvalue weighted by Crippen LogP contribution is -2.40. The summed E-state index contributed by atoms with van der Waals surface area (Å²) in [6.45, 7) is 1.28. The van der Waals surface area contributed by atoms with Gasteiger partial charge in [0.15, 0.2) is 0 Å². The number of aliphatic carboxylic acids is 1. The van der Waals surface area contributed by atoms with E-state index < -0.39 is 11.9 Å². The van der Waals surface area contributed by atoms with E-state index >= 15 is 0 Å². The molecule has 1 aliphatic heterocycles. The summed E-state index contributed by atoms with van der Waals surface area (Å²) < 4.78 is 10.3. The molecule has 1 aliphatic rings.